The van der Waals surface area contributed by atoms with E-state index < -0.39 is 15.9 Å². The number of carbonyl (C=O) groups excluding carboxylic acids is 1. The Morgan fingerprint density at radius 3 is 2.84 bits per heavy atom. The average molecular weight is 473 g/mol. The minimum Gasteiger partial charge on any atom is -0.355 e. The first-order valence-corrected chi connectivity index (χ1v) is 12.6. The molecule has 0 radical (unpaired) electrons. The van der Waals surface area contributed by atoms with Crippen LogP contribution >= 0.6 is 11.3 Å². The van der Waals surface area contributed by atoms with Crippen LogP contribution in [0.25, 0.3) is 12.2 Å². The number of carbonyl (C=O) groups is 1. The molecule has 0 spiro atoms. The summed E-state index contributed by atoms with van der Waals surface area (Å²) >= 11 is 1.54. The van der Waals surface area contributed by atoms with Crippen molar-refractivity contribution in [1.29, 1.82) is 0 Å². The van der Waals surface area contributed by atoms with E-state index in [0.29, 0.717) is 30.9 Å². The van der Waals surface area contributed by atoms with Gasteiger partial charge in [-0.05, 0) is 61.9 Å². The van der Waals surface area contributed by atoms with Crippen LogP contribution in [0, 0.1) is 19.8 Å². The summed E-state index contributed by atoms with van der Waals surface area (Å²) in [6.07, 6.45) is 6.29. The summed E-state index contributed by atoms with van der Waals surface area (Å²) < 4.78 is 33.6. The largest absolute Gasteiger partial charge is 0.355 e. The molecule has 0 aromatic carbocycles. The number of nitrogens with zero attached hydrogens (tertiary/aromatic N) is 3. The molecular weight excluding hydrogens is 448 g/mol. The summed E-state index contributed by atoms with van der Waals surface area (Å²) in [4.78, 5) is 18.0. The van der Waals surface area contributed by atoms with Crippen LogP contribution < -0.4 is 5.32 Å². The molecule has 1 saturated heterocycles. The van der Waals surface area contributed by atoms with Crippen molar-refractivity contribution >= 4 is 45.2 Å². The molecular formula is C22H24N4O4S2. The molecule has 1 aliphatic rings. The van der Waals surface area contributed by atoms with Gasteiger partial charge >= 0.3 is 0 Å². The van der Waals surface area contributed by atoms with E-state index in [9.17, 15) is 13.2 Å². The third kappa shape index (κ3) is 4.82. The predicted molar refractivity (Wildman–Crippen MR) is 124 cm³/mol. The van der Waals surface area contributed by atoms with Crippen LogP contribution in [0.5, 0.6) is 0 Å². The Hall–Kier alpha value is -2.82. The number of hydrogen-bond donors (Lipinski definition) is 1. The van der Waals surface area contributed by atoms with Gasteiger partial charge in [-0.2, -0.15) is 4.31 Å². The first-order valence-electron chi connectivity index (χ1n) is 10.3. The highest BCUT2D eigenvalue weighted by Crippen LogP contribution is 2.30. The highest BCUT2D eigenvalue weighted by molar-refractivity contribution is 7.89. The van der Waals surface area contributed by atoms with Gasteiger partial charge in [-0.25, -0.2) is 13.4 Å². The van der Waals surface area contributed by atoms with Crippen molar-refractivity contribution in [3.05, 3.63) is 57.7 Å². The maximum atomic E-state index is 13.5. The van der Waals surface area contributed by atoms with Gasteiger partial charge in [0.15, 0.2) is 10.7 Å². The van der Waals surface area contributed by atoms with E-state index in [4.69, 9.17) is 4.52 Å². The number of amides is 1. The standard InChI is InChI=1S/C22H24N4O4S2/c1-15-7-10-20(23-13-15)24-22(27)17-5-3-11-26(14-17)32(28,29)21-16(2)25-30-19(21)9-8-18-6-4-12-31-18/h4,6-10,12-13,17H,3,5,11,14H2,1-2H3,(H,23,24,27). The number of thiophene rings is 1. The number of rotatable bonds is 6. The third-order valence-electron chi connectivity index (χ3n) is 5.29. The normalized spacial score (nSPS) is 17.6. The maximum Gasteiger partial charge on any atom is 0.248 e. The first-order chi connectivity index (χ1) is 15.3. The lowest BCUT2D eigenvalue weighted by Gasteiger charge is -2.31. The van der Waals surface area contributed by atoms with Crippen molar-refractivity contribution in [2.45, 2.75) is 31.6 Å². The van der Waals surface area contributed by atoms with Gasteiger partial charge in [0.05, 0.1) is 5.92 Å². The zero-order valence-electron chi connectivity index (χ0n) is 17.8. The molecule has 168 valence electrons. The van der Waals surface area contributed by atoms with E-state index >= 15 is 0 Å². The summed E-state index contributed by atoms with van der Waals surface area (Å²) in [5.41, 5.74) is 1.29. The molecule has 3 aromatic heterocycles. The molecule has 4 heterocycles. The molecule has 1 unspecified atom stereocenters. The zero-order valence-corrected chi connectivity index (χ0v) is 19.4. The Morgan fingerprint density at radius 2 is 2.12 bits per heavy atom. The Balaban J connectivity index is 1.52. The van der Waals surface area contributed by atoms with E-state index in [-0.39, 0.29) is 23.1 Å². The molecule has 32 heavy (non-hydrogen) atoms. The lowest BCUT2D eigenvalue weighted by molar-refractivity contribution is -0.120. The number of hydrogen-bond acceptors (Lipinski definition) is 7. The Bertz CT molecular complexity index is 1220. The van der Waals surface area contributed by atoms with Crippen LogP contribution in [0.3, 0.4) is 0 Å². The molecule has 0 aliphatic carbocycles. The van der Waals surface area contributed by atoms with Gasteiger partial charge in [0.1, 0.15) is 11.5 Å². The molecule has 1 fully saturated rings. The summed E-state index contributed by atoms with van der Waals surface area (Å²) in [5, 5.41) is 8.61. The molecule has 3 aromatic rings. The van der Waals surface area contributed by atoms with Gasteiger partial charge in [-0.3, -0.25) is 4.79 Å². The van der Waals surface area contributed by atoms with E-state index in [2.05, 4.69) is 15.5 Å². The van der Waals surface area contributed by atoms with Gasteiger partial charge in [-0.15, -0.1) is 11.3 Å². The summed E-state index contributed by atoms with van der Waals surface area (Å²) in [7, 11) is -3.88. The van der Waals surface area contributed by atoms with Crippen LogP contribution in [0.2, 0.25) is 0 Å². The van der Waals surface area contributed by atoms with Crippen molar-refractivity contribution in [1.82, 2.24) is 14.4 Å². The fourth-order valence-corrected chi connectivity index (χ4v) is 6.01. The second-order valence-corrected chi connectivity index (χ2v) is 10.6. The van der Waals surface area contributed by atoms with Gasteiger partial charge in [0.25, 0.3) is 0 Å². The van der Waals surface area contributed by atoms with E-state index in [1.165, 1.54) is 15.6 Å². The van der Waals surface area contributed by atoms with Crippen LogP contribution in [0.1, 0.15) is 34.7 Å². The quantitative estimate of drug-likeness (QED) is 0.582. The Kier molecular flexibility index (Phi) is 6.54. The van der Waals surface area contributed by atoms with E-state index in [1.54, 1.807) is 31.3 Å². The molecule has 1 aliphatic heterocycles. The van der Waals surface area contributed by atoms with Crippen molar-refractivity contribution in [3.63, 3.8) is 0 Å². The first kappa shape index (κ1) is 22.4. The van der Waals surface area contributed by atoms with Crippen molar-refractivity contribution in [2.24, 2.45) is 5.92 Å². The fraction of sp³-hybridized carbons (Fsp3) is 0.318. The predicted octanol–water partition coefficient (Wildman–Crippen LogP) is 3.96. The number of piperidine rings is 1. The molecule has 4 rings (SSSR count). The number of aryl methyl sites for hydroxylation is 2. The highest BCUT2D eigenvalue weighted by atomic mass is 32.2. The molecule has 10 heteroatoms. The second-order valence-electron chi connectivity index (χ2n) is 7.72. The average Bonchev–Trinajstić information content (AvgIpc) is 3.43. The SMILES string of the molecule is Cc1ccc(NC(=O)C2CCCN(S(=O)(=O)c3c(C)noc3C=Cc3cccs3)C2)nc1. The van der Waals surface area contributed by atoms with Crippen LogP contribution in [0.4, 0.5) is 5.82 Å². The highest BCUT2D eigenvalue weighted by Gasteiger charge is 2.37. The van der Waals surface area contributed by atoms with Gasteiger partial charge in [0.2, 0.25) is 15.9 Å². The van der Waals surface area contributed by atoms with Gasteiger partial charge in [0, 0.05) is 24.2 Å². The Labute approximate surface area is 191 Å². The van der Waals surface area contributed by atoms with E-state index in [1.807, 2.05) is 30.5 Å². The number of pyridine rings is 1. The molecule has 0 saturated carbocycles. The van der Waals surface area contributed by atoms with Crippen molar-refractivity contribution in [2.75, 3.05) is 18.4 Å². The summed E-state index contributed by atoms with van der Waals surface area (Å²) in [6.45, 7) is 3.96. The van der Waals surface area contributed by atoms with Crippen LogP contribution in [0.15, 0.2) is 45.3 Å². The third-order valence-corrected chi connectivity index (χ3v) is 8.15. The van der Waals surface area contributed by atoms with E-state index in [0.717, 1.165) is 10.4 Å². The number of nitrogens with one attached hydrogen (secondary N) is 1. The van der Waals surface area contributed by atoms with Crippen molar-refractivity contribution in [3.8, 4) is 0 Å². The minimum atomic E-state index is -3.88. The topological polar surface area (TPSA) is 105 Å². The lowest BCUT2D eigenvalue weighted by Crippen LogP contribution is -2.44. The van der Waals surface area contributed by atoms with Gasteiger partial charge in [-0.1, -0.05) is 17.3 Å². The fourth-order valence-electron chi connectivity index (χ4n) is 3.62. The lowest BCUT2D eigenvalue weighted by atomic mass is 9.99. The molecule has 1 N–H and O–H groups in total. The molecule has 8 nitrogen and oxygen atoms in total. The molecule has 1 amide bonds. The van der Waals surface area contributed by atoms with Gasteiger partial charge < -0.3 is 9.84 Å². The summed E-state index contributed by atoms with van der Waals surface area (Å²) in [5.74, 6) is -0.0594. The minimum absolute atomic E-state index is 0.0477. The number of aromatic nitrogens is 2. The number of anilines is 1. The molecule has 0 bridgehead atoms. The smallest absolute Gasteiger partial charge is 0.248 e. The Morgan fingerprint density at radius 1 is 1.28 bits per heavy atom. The van der Waals surface area contributed by atoms with Crippen LogP contribution in [-0.2, 0) is 14.8 Å². The van der Waals surface area contributed by atoms with Crippen molar-refractivity contribution < 1.29 is 17.7 Å². The molecule has 1 atom stereocenters. The number of sulfonamides is 1. The maximum absolute atomic E-state index is 13.5. The monoisotopic (exact) mass is 472 g/mol. The van der Waals surface area contributed by atoms with Crippen LogP contribution in [-0.4, -0.2) is 41.9 Å². The summed E-state index contributed by atoms with van der Waals surface area (Å²) in [6, 6.07) is 7.44. The second kappa shape index (κ2) is 9.35. The zero-order chi connectivity index (χ0) is 22.7.